The second-order valence-corrected chi connectivity index (χ2v) is 9.42. The highest BCUT2D eigenvalue weighted by Crippen LogP contribution is 2.34. The van der Waals surface area contributed by atoms with Gasteiger partial charge in [-0.25, -0.2) is 17.7 Å². The number of aromatic nitrogens is 1. The van der Waals surface area contributed by atoms with Crippen molar-refractivity contribution >= 4 is 27.3 Å². The summed E-state index contributed by atoms with van der Waals surface area (Å²) in [6, 6.07) is 12.3. The summed E-state index contributed by atoms with van der Waals surface area (Å²) in [5, 5.41) is 2.47. The van der Waals surface area contributed by atoms with Gasteiger partial charge >= 0.3 is 0 Å². The van der Waals surface area contributed by atoms with Crippen molar-refractivity contribution in [1.29, 1.82) is 0 Å². The number of fused-ring (bicyclic) bond motifs is 1. The van der Waals surface area contributed by atoms with E-state index in [-0.39, 0.29) is 12.3 Å². The van der Waals surface area contributed by atoms with Crippen molar-refractivity contribution in [3.8, 4) is 22.1 Å². The van der Waals surface area contributed by atoms with Crippen molar-refractivity contribution < 1.29 is 22.7 Å². The molecule has 1 amide bonds. The number of benzene rings is 2. The average molecular weight is 445 g/mol. The third-order valence-electron chi connectivity index (χ3n) is 4.72. The molecule has 30 heavy (non-hydrogen) atoms. The van der Waals surface area contributed by atoms with Crippen molar-refractivity contribution in [2.45, 2.75) is 19.2 Å². The van der Waals surface area contributed by atoms with Crippen LogP contribution in [0.15, 0.2) is 47.8 Å². The molecule has 0 N–H and O–H groups in total. The van der Waals surface area contributed by atoms with Crippen LogP contribution in [0.2, 0.25) is 0 Å². The molecular weight excluding hydrogens is 424 g/mol. The second kappa shape index (κ2) is 8.08. The number of amides is 1. The molecule has 9 heteroatoms. The number of hydrogen-bond donors (Lipinski definition) is 0. The zero-order chi connectivity index (χ0) is 21.3. The van der Waals surface area contributed by atoms with Gasteiger partial charge in [-0.05, 0) is 36.8 Å². The molecule has 2 heterocycles. The lowest BCUT2D eigenvalue weighted by atomic mass is 10.1. The van der Waals surface area contributed by atoms with Gasteiger partial charge in [0.1, 0.15) is 5.01 Å². The molecule has 0 spiro atoms. The summed E-state index contributed by atoms with van der Waals surface area (Å²) >= 11 is 1.38. The van der Waals surface area contributed by atoms with Crippen LogP contribution in [0.3, 0.4) is 0 Å². The fraction of sp³-hybridized carbons (Fsp3) is 0.238. The van der Waals surface area contributed by atoms with Crippen molar-refractivity contribution in [3.05, 3.63) is 64.7 Å². The first-order chi connectivity index (χ1) is 14.4. The normalized spacial score (nSPS) is 15.0. The fourth-order valence-corrected chi connectivity index (χ4v) is 5.58. The summed E-state index contributed by atoms with van der Waals surface area (Å²) in [5.41, 5.74) is 2.28. The number of rotatable bonds is 6. The molecule has 4 rings (SSSR count). The van der Waals surface area contributed by atoms with Crippen LogP contribution in [0, 0.1) is 0 Å². The van der Waals surface area contributed by atoms with E-state index in [2.05, 4.69) is 4.98 Å². The van der Waals surface area contributed by atoms with Crippen LogP contribution in [0.4, 0.5) is 0 Å². The van der Waals surface area contributed by atoms with E-state index in [4.69, 9.17) is 9.47 Å². The summed E-state index contributed by atoms with van der Waals surface area (Å²) in [4.78, 5) is 17.3. The summed E-state index contributed by atoms with van der Waals surface area (Å²) < 4.78 is 37.2. The van der Waals surface area contributed by atoms with Crippen LogP contribution >= 0.6 is 11.3 Å². The number of nitrogens with zero attached hydrogens (tertiary/aromatic N) is 2. The molecule has 1 aromatic heterocycles. The Balaban J connectivity index is 1.60. The topological polar surface area (TPSA) is 85.8 Å². The van der Waals surface area contributed by atoms with Gasteiger partial charge in [0.2, 0.25) is 10.0 Å². The molecule has 0 saturated heterocycles. The summed E-state index contributed by atoms with van der Waals surface area (Å²) in [6.07, 6.45) is 0. The van der Waals surface area contributed by atoms with Crippen molar-refractivity contribution in [2.75, 3.05) is 13.7 Å². The Hall–Kier alpha value is -2.91. The second-order valence-electron chi connectivity index (χ2n) is 6.67. The Labute approximate surface area is 178 Å². The van der Waals surface area contributed by atoms with Crippen LogP contribution in [0.5, 0.6) is 11.5 Å². The van der Waals surface area contributed by atoms with E-state index in [1.165, 1.54) is 11.3 Å². The summed E-state index contributed by atoms with van der Waals surface area (Å²) in [7, 11) is -2.18. The Morgan fingerprint density at radius 1 is 1.17 bits per heavy atom. The molecule has 1 aliphatic heterocycles. The lowest BCUT2D eigenvalue weighted by molar-refractivity contribution is 0.0848. The van der Waals surface area contributed by atoms with Crippen LogP contribution in [-0.2, 0) is 22.3 Å². The highest BCUT2D eigenvalue weighted by molar-refractivity contribution is 7.89. The molecule has 0 atom stereocenters. The largest absolute Gasteiger partial charge is 0.493 e. The van der Waals surface area contributed by atoms with Crippen molar-refractivity contribution in [2.24, 2.45) is 0 Å². The third-order valence-corrected chi connectivity index (χ3v) is 7.30. The fourth-order valence-electron chi connectivity index (χ4n) is 3.29. The van der Waals surface area contributed by atoms with Gasteiger partial charge in [0, 0.05) is 16.5 Å². The van der Waals surface area contributed by atoms with Gasteiger partial charge in [0.05, 0.1) is 31.7 Å². The van der Waals surface area contributed by atoms with E-state index in [1.807, 2.05) is 25.1 Å². The number of hydrogen-bond acceptors (Lipinski definition) is 7. The Bertz CT molecular complexity index is 1200. The number of carbonyl (C=O) groups excluding carboxylic acids is 1. The Morgan fingerprint density at radius 3 is 2.73 bits per heavy atom. The van der Waals surface area contributed by atoms with E-state index in [0.29, 0.717) is 39.9 Å². The monoisotopic (exact) mass is 444 g/mol. The van der Waals surface area contributed by atoms with E-state index in [9.17, 15) is 13.2 Å². The quantitative estimate of drug-likeness (QED) is 0.576. The van der Waals surface area contributed by atoms with Gasteiger partial charge in [-0.15, -0.1) is 11.3 Å². The summed E-state index contributed by atoms with van der Waals surface area (Å²) in [6.45, 7) is 2.33. The van der Waals surface area contributed by atoms with Gasteiger partial charge in [0.25, 0.3) is 5.91 Å². The predicted molar refractivity (Wildman–Crippen MR) is 114 cm³/mol. The first-order valence-electron chi connectivity index (χ1n) is 9.31. The lowest BCUT2D eigenvalue weighted by Crippen LogP contribution is -2.41. The van der Waals surface area contributed by atoms with Crippen LogP contribution in [0.1, 0.15) is 28.5 Å². The maximum absolute atomic E-state index is 12.8. The highest BCUT2D eigenvalue weighted by atomic mass is 32.2. The van der Waals surface area contributed by atoms with Gasteiger partial charge in [0.15, 0.2) is 11.5 Å². The number of thiazole rings is 1. The maximum atomic E-state index is 12.8. The minimum Gasteiger partial charge on any atom is -0.493 e. The Kier molecular flexibility index (Phi) is 5.48. The van der Waals surface area contributed by atoms with Crippen LogP contribution in [0.25, 0.3) is 10.6 Å². The molecule has 0 aliphatic carbocycles. The van der Waals surface area contributed by atoms with Gasteiger partial charge in [-0.2, -0.15) is 0 Å². The molecule has 0 unspecified atom stereocenters. The average Bonchev–Trinajstić information content (AvgIpc) is 3.20. The third kappa shape index (κ3) is 3.78. The molecule has 156 valence electrons. The minimum atomic E-state index is -3.75. The standard InChI is InChI=1S/C21H20N2O5S2/c1-3-28-18-9-8-14(10-19(18)27-2)20-22-16(12-29-20)11-23-21(24)17-7-5-4-6-15(17)13-30(23,25)26/h4-10,12H,3,11,13H2,1-2H3. The van der Waals surface area contributed by atoms with E-state index >= 15 is 0 Å². The molecule has 2 aromatic carbocycles. The molecule has 0 bridgehead atoms. The SMILES string of the molecule is CCOc1ccc(-c2nc(CN3C(=O)c4ccccc4CS3(=O)=O)cs2)cc1OC. The van der Waals surface area contributed by atoms with Gasteiger partial charge in [-0.1, -0.05) is 18.2 Å². The number of methoxy groups -OCH3 is 1. The van der Waals surface area contributed by atoms with Crippen LogP contribution in [-0.4, -0.2) is 37.3 Å². The zero-order valence-electron chi connectivity index (χ0n) is 16.5. The number of carbonyl (C=O) groups is 1. The zero-order valence-corrected chi connectivity index (χ0v) is 18.1. The highest BCUT2D eigenvalue weighted by Gasteiger charge is 2.36. The van der Waals surface area contributed by atoms with Gasteiger partial charge in [-0.3, -0.25) is 4.79 Å². The molecule has 0 saturated carbocycles. The number of sulfonamides is 1. The van der Waals surface area contributed by atoms with E-state index in [0.717, 1.165) is 9.87 Å². The predicted octanol–water partition coefficient (Wildman–Crippen LogP) is 3.70. The molecule has 3 aromatic rings. The molecule has 0 radical (unpaired) electrons. The molecule has 1 aliphatic rings. The number of ether oxygens (including phenoxy) is 2. The van der Waals surface area contributed by atoms with Crippen molar-refractivity contribution in [3.63, 3.8) is 0 Å². The van der Waals surface area contributed by atoms with Crippen LogP contribution < -0.4 is 9.47 Å². The maximum Gasteiger partial charge on any atom is 0.268 e. The van der Waals surface area contributed by atoms with E-state index in [1.54, 1.807) is 36.8 Å². The van der Waals surface area contributed by atoms with E-state index < -0.39 is 15.9 Å². The molecule has 0 fully saturated rings. The Morgan fingerprint density at radius 2 is 1.97 bits per heavy atom. The molecular formula is C21H20N2O5S2. The first kappa shape index (κ1) is 20.4. The molecule has 7 nitrogen and oxygen atoms in total. The first-order valence-corrected chi connectivity index (χ1v) is 11.8. The summed E-state index contributed by atoms with van der Waals surface area (Å²) in [5.74, 6) is 0.525. The minimum absolute atomic E-state index is 0.0971. The van der Waals surface area contributed by atoms with Crippen molar-refractivity contribution in [1.82, 2.24) is 9.29 Å². The lowest BCUT2D eigenvalue weighted by Gasteiger charge is -2.27. The van der Waals surface area contributed by atoms with Gasteiger partial charge < -0.3 is 9.47 Å². The smallest absolute Gasteiger partial charge is 0.268 e.